The lowest BCUT2D eigenvalue weighted by Crippen LogP contribution is -2.08. The highest BCUT2D eigenvalue weighted by Gasteiger charge is 2.11. The van der Waals surface area contributed by atoms with Gasteiger partial charge in [-0.1, -0.05) is 23.7 Å². The molecular formula is C23H18BN3O2. The number of benzene rings is 2. The predicted molar refractivity (Wildman–Crippen MR) is 113 cm³/mol. The normalized spacial score (nSPS) is 10.7. The Kier molecular flexibility index (Phi) is 4.97. The quantitative estimate of drug-likeness (QED) is 0.498. The average molecular weight is 379 g/mol. The molecule has 2 aromatic heterocycles. The molecule has 0 aliphatic heterocycles. The number of nitrogens with zero attached hydrogens (tertiary/aromatic N) is 3. The smallest absolute Gasteiger partial charge is 0.161 e. The fraction of sp³-hybridized carbons (Fsp3) is 0.130. The number of aromatic nitrogens is 2. The SMILES string of the molecule is [B]c1cc(C)cn2cc(-c3ccc(OCc4ccc(C#N)cc4)c(OC)c3)nc12. The summed E-state index contributed by atoms with van der Waals surface area (Å²) in [6.45, 7) is 2.38. The van der Waals surface area contributed by atoms with Crippen LogP contribution in [-0.2, 0) is 6.61 Å². The maximum absolute atomic E-state index is 8.89. The Morgan fingerprint density at radius 3 is 2.59 bits per heavy atom. The number of pyridine rings is 1. The van der Waals surface area contributed by atoms with Gasteiger partial charge in [0.2, 0.25) is 0 Å². The molecule has 0 unspecified atom stereocenters. The summed E-state index contributed by atoms with van der Waals surface area (Å²) < 4.78 is 13.4. The van der Waals surface area contributed by atoms with Crippen molar-refractivity contribution in [1.29, 1.82) is 5.26 Å². The summed E-state index contributed by atoms with van der Waals surface area (Å²) in [7, 11) is 7.71. The van der Waals surface area contributed by atoms with Crippen molar-refractivity contribution in [3.8, 4) is 28.8 Å². The molecule has 0 aliphatic rings. The largest absolute Gasteiger partial charge is 0.493 e. The first-order valence-electron chi connectivity index (χ1n) is 9.12. The number of imidazole rings is 1. The summed E-state index contributed by atoms with van der Waals surface area (Å²) in [5.41, 5.74) is 5.76. The molecule has 2 heterocycles. The number of rotatable bonds is 5. The zero-order valence-corrected chi connectivity index (χ0v) is 16.2. The molecule has 0 amide bonds. The standard InChI is InChI=1S/C23H18BN3O2/c1-15-9-19(24)23-26-20(13-27(23)12-15)18-7-8-21(22(10-18)28-2)29-14-17-5-3-16(11-25)4-6-17/h3-10,12-13H,14H2,1-2H3. The lowest BCUT2D eigenvalue weighted by atomic mass is 9.96. The van der Waals surface area contributed by atoms with Crippen molar-refractivity contribution < 1.29 is 9.47 Å². The van der Waals surface area contributed by atoms with E-state index in [1.54, 1.807) is 19.2 Å². The van der Waals surface area contributed by atoms with Gasteiger partial charge in [-0.05, 0) is 48.4 Å². The van der Waals surface area contributed by atoms with Crippen LogP contribution in [0.2, 0.25) is 0 Å². The monoisotopic (exact) mass is 379 g/mol. The van der Waals surface area contributed by atoms with E-state index in [4.69, 9.17) is 22.6 Å². The van der Waals surface area contributed by atoms with Gasteiger partial charge in [-0.15, -0.1) is 0 Å². The molecule has 0 spiro atoms. The van der Waals surface area contributed by atoms with Gasteiger partial charge in [0.25, 0.3) is 0 Å². The molecular weight excluding hydrogens is 361 g/mol. The fourth-order valence-electron chi connectivity index (χ4n) is 3.19. The first-order valence-corrected chi connectivity index (χ1v) is 9.12. The fourth-order valence-corrected chi connectivity index (χ4v) is 3.19. The second kappa shape index (κ2) is 7.73. The number of ether oxygens (including phenoxy) is 2. The Morgan fingerprint density at radius 1 is 1.07 bits per heavy atom. The van der Waals surface area contributed by atoms with Gasteiger partial charge in [0, 0.05) is 18.0 Å². The van der Waals surface area contributed by atoms with E-state index in [0.29, 0.717) is 29.1 Å². The van der Waals surface area contributed by atoms with E-state index in [-0.39, 0.29) is 0 Å². The molecule has 0 fully saturated rings. The van der Waals surface area contributed by atoms with Crippen molar-refractivity contribution in [2.45, 2.75) is 13.5 Å². The van der Waals surface area contributed by atoms with Crippen molar-refractivity contribution in [2.75, 3.05) is 7.11 Å². The molecule has 4 rings (SSSR count). The van der Waals surface area contributed by atoms with E-state index in [9.17, 15) is 0 Å². The van der Waals surface area contributed by atoms with Crippen LogP contribution in [0.15, 0.2) is 60.9 Å². The van der Waals surface area contributed by atoms with Crippen LogP contribution in [0.4, 0.5) is 0 Å². The minimum absolute atomic E-state index is 0.381. The Labute approximate surface area is 170 Å². The van der Waals surface area contributed by atoms with Gasteiger partial charge in [-0.2, -0.15) is 5.26 Å². The minimum Gasteiger partial charge on any atom is -0.493 e. The van der Waals surface area contributed by atoms with Gasteiger partial charge in [-0.25, -0.2) is 4.98 Å². The van der Waals surface area contributed by atoms with Crippen molar-refractivity contribution >= 4 is 19.0 Å². The van der Waals surface area contributed by atoms with Crippen LogP contribution >= 0.6 is 0 Å². The topological polar surface area (TPSA) is 59.5 Å². The van der Waals surface area contributed by atoms with Gasteiger partial charge in [0.15, 0.2) is 11.5 Å². The zero-order chi connectivity index (χ0) is 20.4. The van der Waals surface area contributed by atoms with Gasteiger partial charge < -0.3 is 13.9 Å². The van der Waals surface area contributed by atoms with Crippen LogP contribution in [0, 0.1) is 18.3 Å². The summed E-state index contributed by atoms with van der Waals surface area (Å²) >= 11 is 0. The average Bonchev–Trinajstić information content (AvgIpc) is 3.17. The highest BCUT2D eigenvalue weighted by atomic mass is 16.5. The first kappa shape index (κ1) is 18.6. The highest BCUT2D eigenvalue weighted by Crippen LogP contribution is 2.32. The number of fused-ring (bicyclic) bond motifs is 1. The third kappa shape index (κ3) is 3.81. The van der Waals surface area contributed by atoms with E-state index in [0.717, 1.165) is 28.0 Å². The van der Waals surface area contributed by atoms with Crippen LogP contribution in [0.25, 0.3) is 16.9 Å². The zero-order valence-electron chi connectivity index (χ0n) is 16.2. The molecule has 0 bridgehead atoms. The van der Waals surface area contributed by atoms with Gasteiger partial charge in [0.05, 0.1) is 24.4 Å². The van der Waals surface area contributed by atoms with Gasteiger partial charge >= 0.3 is 0 Å². The third-order valence-electron chi connectivity index (χ3n) is 4.65. The van der Waals surface area contributed by atoms with Crippen molar-refractivity contribution in [2.24, 2.45) is 0 Å². The van der Waals surface area contributed by atoms with Crippen molar-refractivity contribution in [3.05, 3.63) is 77.6 Å². The molecule has 2 radical (unpaired) electrons. The lowest BCUT2D eigenvalue weighted by molar-refractivity contribution is 0.284. The summed E-state index contributed by atoms with van der Waals surface area (Å²) in [6.07, 6.45) is 3.94. The van der Waals surface area contributed by atoms with Crippen LogP contribution in [0.5, 0.6) is 11.5 Å². The Hall–Kier alpha value is -3.72. The number of hydrogen-bond acceptors (Lipinski definition) is 4. The summed E-state index contributed by atoms with van der Waals surface area (Å²) in [6, 6.07) is 17.0. The van der Waals surface area contributed by atoms with E-state index in [2.05, 4.69) is 11.1 Å². The van der Waals surface area contributed by atoms with Crippen LogP contribution < -0.4 is 14.9 Å². The molecule has 0 aliphatic carbocycles. The number of hydrogen-bond donors (Lipinski definition) is 0. The number of aryl methyl sites for hydroxylation is 1. The number of methoxy groups -OCH3 is 1. The molecule has 6 heteroatoms. The lowest BCUT2D eigenvalue weighted by Gasteiger charge is -2.12. The molecule has 0 N–H and O–H groups in total. The maximum Gasteiger partial charge on any atom is 0.161 e. The molecule has 0 saturated heterocycles. The van der Waals surface area contributed by atoms with Gasteiger partial charge in [0.1, 0.15) is 20.1 Å². The van der Waals surface area contributed by atoms with Crippen LogP contribution in [0.3, 0.4) is 0 Å². The first-order chi connectivity index (χ1) is 14.1. The van der Waals surface area contributed by atoms with E-state index in [1.807, 2.05) is 60.1 Å². The second-order valence-electron chi connectivity index (χ2n) is 6.79. The Bertz CT molecular complexity index is 1220. The second-order valence-corrected chi connectivity index (χ2v) is 6.79. The molecule has 0 atom stereocenters. The van der Waals surface area contributed by atoms with Gasteiger partial charge in [-0.3, -0.25) is 0 Å². The summed E-state index contributed by atoms with van der Waals surface area (Å²) in [5.74, 6) is 1.26. The summed E-state index contributed by atoms with van der Waals surface area (Å²) in [5, 5.41) is 8.89. The minimum atomic E-state index is 0.381. The van der Waals surface area contributed by atoms with Crippen LogP contribution in [-0.4, -0.2) is 24.3 Å². The van der Waals surface area contributed by atoms with Crippen molar-refractivity contribution in [1.82, 2.24) is 9.38 Å². The molecule has 4 aromatic rings. The Morgan fingerprint density at radius 2 is 1.86 bits per heavy atom. The van der Waals surface area contributed by atoms with Crippen molar-refractivity contribution in [3.63, 3.8) is 0 Å². The maximum atomic E-state index is 8.89. The molecule has 0 saturated carbocycles. The molecule has 140 valence electrons. The van der Waals surface area contributed by atoms with E-state index < -0.39 is 0 Å². The van der Waals surface area contributed by atoms with Crippen LogP contribution in [0.1, 0.15) is 16.7 Å². The Balaban J connectivity index is 1.59. The summed E-state index contributed by atoms with van der Waals surface area (Å²) in [4.78, 5) is 4.65. The number of nitriles is 1. The molecule has 29 heavy (non-hydrogen) atoms. The predicted octanol–water partition coefficient (Wildman–Crippen LogP) is 3.56. The molecule has 5 nitrogen and oxygen atoms in total. The van der Waals surface area contributed by atoms with E-state index in [1.165, 1.54) is 0 Å². The highest BCUT2D eigenvalue weighted by molar-refractivity contribution is 6.36. The third-order valence-corrected chi connectivity index (χ3v) is 4.65. The van der Waals surface area contributed by atoms with E-state index >= 15 is 0 Å². The molecule has 2 aromatic carbocycles.